The number of ether oxygens (including phenoxy) is 4. The minimum atomic E-state index is -0.926. The maximum absolute atomic E-state index is 13.4. The molecule has 6 nitrogen and oxygen atoms in total. The lowest BCUT2D eigenvalue weighted by atomic mass is 9.83. The van der Waals surface area contributed by atoms with Crippen molar-refractivity contribution < 1.29 is 23.4 Å². The number of hydrogen-bond donors (Lipinski definition) is 0. The van der Waals surface area contributed by atoms with Gasteiger partial charge in [-0.25, -0.2) is 4.79 Å². The van der Waals surface area contributed by atoms with E-state index in [1.54, 1.807) is 27.4 Å². The van der Waals surface area contributed by atoms with Crippen LogP contribution in [0.4, 0.5) is 0 Å². The molecule has 1 aromatic heterocycles. The molecule has 0 amide bonds. The topological polar surface area (TPSA) is 67.1 Å². The maximum Gasteiger partial charge on any atom is 0.344 e. The van der Waals surface area contributed by atoms with Crippen molar-refractivity contribution in [3.63, 3.8) is 0 Å². The van der Waals surface area contributed by atoms with E-state index < -0.39 is 11.2 Å². The third-order valence-corrected chi connectivity index (χ3v) is 7.83. The van der Waals surface area contributed by atoms with Gasteiger partial charge in [0.15, 0.2) is 22.7 Å². The Morgan fingerprint density at radius 3 is 1.98 bits per heavy atom. The Hall–Kier alpha value is -5.23. The molecule has 1 aliphatic rings. The molecule has 0 fully saturated rings. The molecule has 0 bridgehead atoms. The van der Waals surface area contributed by atoms with E-state index in [2.05, 4.69) is 12.1 Å². The molecule has 0 saturated carbocycles. The molecule has 0 aliphatic carbocycles. The molecule has 6 aromatic rings. The molecule has 7 rings (SSSR count). The highest BCUT2D eigenvalue weighted by molar-refractivity contribution is 6.22. The largest absolute Gasteiger partial charge is 0.497 e. The van der Waals surface area contributed by atoms with Crippen LogP contribution in [0.5, 0.6) is 23.0 Å². The van der Waals surface area contributed by atoms with E-state index in [1.165, 1.54) is 0 Å². The normalized spacial score (nSPS) is 16.0. The summed E-state index contributed by atoms with van der Waals surface area (Å²) in [6, 6.07) is 29.5. The molecular formula is C35H26O6. The van der Waals surface area contributed by atoms with E-state index >= 15 is 0 Å². The number of benzene rings is 5. The van der Waals surface area contributed by atoms with Crippen molar-refractivity contribution in [2.45, 2.75) is 5.60 Å². The van der Waals surface area contributed by atoms with Crippen LogP contribution in [-0.4, -0.2) is 21.3 Å². The van der Waals surface area contributed by atoms with Gasteiger partial charge in [-0.05, 0) is 41.8 Å². The second kappa shape index (κ2) is 9.45. The molecule has 5 aromatic carbocycles. The minimum absolute atomic E-state index is 0.415. The molecule has 0 N–H and O–H groups in total. The van der Waals surface area contributed by atoms with Gasteiger partial charge >= 0.3 is 5.63 Å². The summed E-state index contributed by atoms with van der Waals surface area (Å²) in [5.41, 5.74) is 1.67. The monoisotopic (exact) mass is 542 g/mol. The Bertz CT molecular complexity index is 2040. The van der Waals surface area contributed by atoms with E-state index in [0.717, 1.165) is 38.4 Å². The van der Waals surface area contributed by atoms with Crippen molar-refractivity contribution in [2.24, 2.45) is 0 Å². The molecule has 0 spiro atoms. The predicted octanol–water partition coefficient (Wildman–Crippen LogP) is 7.47. The van der Waals surface area contributed by atoms with Crippen LogP contribution >= 0.6 is 0 Å². The molecule has 0 radical (unpaired) electrons. The summed E-state index contributed by atoms with van der Waals surface area (Å²) in [5.74, 6) is 2.39. The Morgan fingerprint density at radius 1 is 0.659 bits per heavy atom. The lowest BCUT2D eigenvalue weighted by Gasteiger charge is -2.37. The Balaban J connectivity index is 1.57. The van der Waals surface area contributed by atoms with Gasteiger partial charge in [-0.2, -0.15) is 0 Å². The van der Waals surface area contributed by atoms with Gasteiger partial charge in [-0.15, -0.1) is 0 Å². The highest BCUT2D eigenvalue weighted by atomic mass is 16.5. The fraction of sp³-hybridized carbons (Fsp3) is 0.114. The molecular weight excluding hydrogens is 516 g/mol. The summed E-state index contributed by atoms with van der Waals surface area (Å²) < 4.78 is 29.6. The fourth-order valence-electron chi connectivity index (χ4n) is 5.84. The second-order valence-electron chi connectivity index (χ2n) is 9.90. The number of rotatable bonds is 5. The van der Waals surface area contributed by atoms with Crippen LogP contribution in [0.15, 0.2) is 106 Å². The quantitative estimate of drug-likeness (QED) is 0.166. The lowest BCUT2D eigenvalue weighted by Crippen LogP contribution is -2.34. The first-order valence-electron chi connectivity index (χ1n) is 13.2. The summed E-state index contributed by atoms with van der Waals surface area (Å²) in [4.78, 5) is 13.4. The third kappa shape index (κ3) is 3.68. The van der Waals surface area contributed by atoms with Gasteiger partial charge in [-0.1, -0.05) is 66.7 Å². The average Bonchev–Trinajstić information content (AvgIpc) is 3.04. The average molecular weight is 543 g/mol. The third-order valence-electron chi connectivity index (χ3n) is 7.83. The van der Waals surface area contributed by atoms with Gasteiger partial charge < -0.3 is 23.4 Å². The van der Waals surface area contributed by atoms with E-state index in [9.17, 15) is 4.79 Å². The smallest absolute Gasteiger partial charge is 0.344 e. The zero-order valence-electron chi connectivity index (χ0n) is 22.8. The Kier molecular flexibility index (Phi) is 5.71. The number of hydrogen-bond acceptors (Lipinski definition) is 6. The standard InChI is InChI=1S/C35H26O6/c1-37-23-15-13-22(14-16-23)35(21-9-5-4-6-10-21)18-17-26-32(41-35)25-12-8-7-11-24(25)31-27-19-29(38-2)30(39-3)20-28(27)34(36)40-33(26)31/h4-20H,1-3H3. The molecule has 1 aliphatic heterocycles. The first kappa shape index (κ1) is 24.8. The van der Waals surface area contributed by atoms with E-state index in [0.29, 0.717) is 33.8 Å². The highest BCUT2D eigenvalue weighted by Crippen LogP contribution is 2.49. The van der Waals surface area contributed by atoms with Crippen LogP contribution < -0.4 is 24.6 Å². The van der Waals surface area contributed by atoms with Crippen molar-refractivity contribution in [1.82, 2.24) is 0 Å². The SMILES string of the molecule is COc1ccc(C2(c3ccccc3)C=Cc3c(c4ccccc4c4c3oc(=O)c3cc(OC)c(OC)cc34)O2)cc1. The maximum atomic E-state index is 13.4. The molecule has 6 heteroatoms. The molecule has 202 valence electrons. The van der Waals surface area contributed by atoms with Gasteiger partial charge in [0.2, 0.25) is 0 Å². The van der Waals surface area contributed by atoms with Crippen LogP contribution in [0.3, 0.4) is 0 Å². The van der Waals surface area contributed by atoms with E-state index in [4.69, 9.17) is 23.4 Å². The minimum Gasteiger partial charge on any atom is -0.497 e. The predicted molar refractivity (Wildman–Crippen MR) is 160 cm³/mol. The van der Waals surface area contributed by atoms with Crippen LogP contribution in [-0.2, 0) is 5.60 Å². The summed E-state index contributed by atoms with van der Waals surface area (Å²) in [6.45, 7) is 0. The first-order valence-corrected chi connectivity index (χ1v) is 13.2. The molecule has 41 heavy (non-hydrogen) atoms. The van der Waals surface area contributed by atoms with Gasteiger partial charge in [0.05, 0.1) is 32.3 Å². The van der Waals surface area contributed by atoms with Crippen LogP contribution in [0, 0.1) is 0 Å². The fourth-order valence-corrected chi connectivity index (χ4v) is 5.84. The van der Waals surface area contributed by atoms with Crippen molar-refractivity contribution in [2.75, 3.05) is 21.3 Å². The van der Waals surface area contributed by atoms with Crippen LogP contribution in [0.25, 0.3) is 38.6 Å². The Morgan fingerprint density at radius 2 is 1.29 bits per heavy atom. The van der Waals surface area contributed by atoms with Crippen molar-refractivity contribution in [3.05, 3.63) is 124 Å². The summed E-state index contributed by atoms with van der Waals surface area (Å²) in [5, 5.41) is 3.74. The number of fused-ring (bicyclic) bond motifs is 8. The van der Waals surface area contributed by atoms with Crippen molar-refractivity contribution >= 4 is 38.6 Å². The summed E-state index contributed by atoms with van der Waals surface area (Å²) >= 11 is 0. The van der Waals surface area contributed by atoms with E-state index in [-0.39, 0.29) is 0 Å². The molecule has 1 unspecified atom stereocenters. The Labute approximate surface area is 236 Å². The highest BCUT2D eigenvalue weighted by Gasteiger charge is 2.39. The van der Waals surface area contributed by atoms with Gasteiger partial charge in [0.25, 0.3) is 0 Å². The zero-order chi connectivity index (χ0) is 28.1. The van der Waals surface area contributed by atoms with Gasteiger partial charge in [0.1, 0.15) is 11.5 Å². The van der Waals surface area contributed by atoms with Crippen LogP contribution in [0.2, 0.25) is 0 Å². The second-order valence-corrected chi connectivity index (χ2v) is 9.90. The van der Waals surface area contributed by atoms with E-state index in [1.807, 2.05) is 84.9 Å². The van der Waals surface area contributed by atoms with Crippen LogP contribution in [0.1, 0.15) is 16.7 Å². The molecule has 1 atom stereocenters. The van der Waals surface area contributed by atoms with Crippen molar-refractivity contribution in [1.29, 1.82) is 0 Å². The van der Waals surface area contributed by atoms with Gasteiger partial charge in [-0.3, -0.25) is 0 Å². The summed E-state index contributed by atoms with van der Waals surface area (Å²) in [7, 11) is 4.77. The first-order chi connectivity index (χ1) is 20.1. The molecule has 2 heterocycles. The van der Waals surface area contributed by atoms with Gasteiger partial charge in [0, 0.05) is 27.3 Å². The summed E-state index contributed by atoms with van der Waals surface area (Å²) in [6.07, 6.45) is 4.03. The molecule has 0 saturated heterocycles. The zero-order valence-corrected chi connectivity index (χ0v) is 22.8. The number of methoxy groups -OCH3 is 3. The lowest BCUT2D eigenvalue weighted by molar-refractivity contribution is 0.163. The van der Waals surface area contributed by atoms with Crippen molar-refractivity contribution in [3.8, 4) is 23.0 Å².